The first-order valence-electron chi connectivity index (χ1n) is 7.52. The molecular formula is C15H29N5. The molecule has 2 rings (SSSR count). The maximum Gasteiger partial charge on any atom is 0.0644 e. The molecule has 0 amide bonds. The van der Waals surface area contributed by atoms with Crippen molar-refractivity contribution in [2.75, 3.05) is 40.3 Å². The third-order valence-corrected chi connectivity index (χ3v) is 4.64. The lowest BCUT2D eigenvalue weighted by Crippen LogP contribution is -2.53. The van der Waals surface area contributed by atoms with E-state index in [9.17, 15) is 0 Å². The molecule has 1 aromatic rings. The summed E-state index contributed by atoms with van der Waals surface area (Å²) in [6.45, 7) is 11.0. The van der Waals surface area contributed by atoms with Crippen LogP contribution in [-0.2, 0) is 7.05 Å². The van der Waals surface area contributed by atoms with Crippen molar-refractivity contribution >= 4 is 0 Å². The van der Waals surface area contributed by atoms with Crippen LogP contribution >= 0.6 is 0 Å². The van der Waals surface area contributed by atoms with Gasteiger partial charge in [-0.05, 0) is 34.9 Å². The smallest absolute Gasteiger partial charge is 0.0644 e. The molecule has 0 spiro atoms. The second-order valence-electron chi connectivity index (χ2n) is 6.23. The molecule has 1 fully saturated rings. The molecule has 5 nitrogen and oxygen atoms in total. The Kier molecular flexibility index (Phi) is 4.83. The van der Waals surface area contributed by atoms with Gasteiger partial charge in [-0.15, -0.1) is 0 Å². The maximum atomic E-state index is 4.51. The van der Waals surface area contributed by atoms with Crippen LogP contribution in [0.25, 0.3) is 0 Å². The topological polar surface area (TPSA) is 36.3 Å². The van der Waals surface area contributed by atoms with E-state index < -0.39 is 0 Å². The van der Waals surface area contributed by atoms with Gasteiger partial charge >= 0.3 is 0 Å². The summed E-state index contributed by atoms with van der Waals surface area (Å²) in [6, 6.07) is 0.942. The minimum absolute atomic E-state index is 0.351. The van der Waals surface area contributed by atoms with Crippen LogP contribution in [0.1, 0.15) is 29.9 Å². The van der Waals surface area contributed by atoms with E-state index in [1.165, 1.54) is 17.8 Å². The number of hydrogen-bond acceptors (Lipinski definition) is 4. The fourth-order valence-corrected chi connectivity index (χ4v) is 3.15. The standard InChI is InChI=1S/C15H29N5/c1-11(15-12(2)17-20(6)13(15)3)16-9-14-10-18(4)7-8-19(14)5/h11,14,16H,7-10H2,1-6H3. The molecule has 2 atom stereocenters. The molecule has 0 aromatic carbocycles. The van der Waals surface area contributed by atoms with Crippen molar-refractivity contribution in [2.45, 2.75) is 32.9 Å². The van der Waals surface area contributed by atoms with Gasteiger partial charge in [0.05, 0.1) is 5.69 Å². The lowest BCUT2D eigenvalue weighted by atomic mass is 10.1. The van der Waals surface area contributed by atoms with Crippen LogP contribution in [0.5, 0.6) is 0 Å². The van der Waals surface area contributed by atoms with Crippen LogP contribution in [-0.4, -0.2) is 65.9 Å². The largest absolute Gasteiger partial charge is 0.308 e. The molecule has 2 heterocycles. The first-order chi connectivity index (χ1) is 9.40. The Morgan fingerprint density at radius 2 is 1.95 bits per heavy atom. The first kappa shape index (κ1) is 15.5. The molecule has 20 heavy (non-hydrogen) atoms. The van der Waals surface area contributed by atoms with Gasteiger partial charge < -0.3 is 10.2 Å². The fourth-order valence-electron chi connectivity index (χ4n) is 3.15. The molecule has 0 saturated carbocycles. The zero-order valence-corrected chi connectivity index (χ0v) is 13.8. The molecule has 1 N–H and O–H groups in total. The van der Waals surface area contributed by atoms with Crippen molar-refractivity contribution in [3.63, 3.8) is 0 Å². The summed E-state index contributed by atoms with van der Waals surface area (Å²) in [7, 11) is 6.45. The molecular weight excluding hydrogens is 250 g/mol. The van der Waals surface area contributed by atoms with E-state index in [0.717, 1.165) is 25.3 Å². The van der Waals surface area contributed by atoms with Gasteiger partial charge in [-0.25, -0.2) is 0 Å². The van der Waals surface area contributed by atoms with Crippen LogP contribution in [0.15, 0.2) is 0 Å². The second kappa shape index (κ2) is 6.24. The van der Waals surface area contributed by atoms with E-state index in [1.54, 1.807) is 0 Å². The molecule has 2 unspecified atom stereocenters. The van der Waals surface area contributed by atoms with Gasteiger partial charge in [-0.2, -0.15) is 5.10 Å². The van der Waals surface area contributed by atoms with Crippen molar-refractivity contribution < 1.29 is 0 Å². The summed E-state index contributed by atoms with van der Waals surface area (Å²) in [6.07, 6.45) is 0. The summed E-state index contributed by atoms with van der Waals surface area (Å²) in [5, 5.41) is 8.20. The number of rotatable bonds is 4. The van der Waals surface area contributed by atoms with Gasteiger partial charge in [0.2, 0.25) is 0 Å². The molecule has 1 saturated heterocycles. The predicted octanol–water partition coefficient (Wildman–Crippen LogP) is 0.933. The van der Waals surface area contributed by atoms with Gasteiger partial charge in [0, 0.05) is 56.6 Å². The second-order valence-corrected chi connectivity index (χ2v) is 6.23. The third kappa shape index (κ3) is 3.22. The number of nitrogens with zero attached hydrogens (tertiary/aromatic N) is 4. The Morgan fingerprint density at radius 1 is 1.25 bits per heavy atom. The zero-order valence-electron chi connectivity index (χ0n) is 13.8. The Balaban J connectivity index is 1.96. The van der Waals surface area contributed by atoms with E-state index in [4.69, 9.17) is 0 Å². The van der Waals surface area contributed by atoms with Crippen LogP contribution in [0, 0.1) is 13.8 Å². The SMILES string of the molecule is Cc1nn(C)c(C)c1C(C)NCC1CN(C)CCN1C. The summed E-state index contributed by atoms with van der Waals surface area (Å²) in [4.78, 5) is 4.88. The number of likely N-dealkylation sites (N-methyl/N-ethyl adjacent to an activating group) is 2. The highest BCUT2D eigenvalue weighted by molar-refractivity contribution is 5.27. The van der Waals surface area contributed by atoms with E-state index >= 15 is 0 Å². The lowest BCUT2D eigenvalue weighted by molar-refractivity contribution is 0.112. The number of aryl methyl sites for hydroxylation is 2. The van der Waals surface area contributed by atoms with Crippen molar-refractivity contribution in [3.05, 3.63) is 17.0 Å². The highest BCUT2D eigenvalue weighted by atomic mass is 15.3. The quantitative estimate of drug-likeness (QED) is 0.890. The summed E-state index contributed by atoms with van der Waals surface area (Å²) < 4.78 is 1.98. The minimum Gasteiger partial charge on any atom is -0.308 e. The monoisotopic (exact) mass is 279 g/mol. The van der Waals surface area contributed by atoms with Crippen molar-refractivity contribution in [3.8, 4) is 0 Å². The first-order valence-corrected chi connectivity index (χ1v) is 7.52. The number of nitrogens with one attached hydrogen (secondary N) is 1. The third-order valence-electron chi connectivity index (χ3n) is 4.64. The Bertz CT molecular complexity index is 453. The molecule has 0 bridgehead atoms. The highest BCUT2D eigenvalue weighted by Gasteiger charge is 2.23. The molecule has 0 radical (unpaired) electrons. The van der Waals surface area contributed by atoms with Crippen LogP contribution < -0.4 is 5.32 Å². The van der Waals surface area contributed by atoms with Gasteiger partial charge in [-0.3, -0.25) is 9.58 Å². The maximum absolute atomic E-state index is 4.51. The molecule has 1 aromatic heterocycles. The van der Waals surface area contributed by atoms with E-state index in [2.05, 4.69) is 55.1 Å². The molecule has 1 aliphatic rings. The Hall–Kier alpha value is -0.910. The number of piperazine rings is 1. The molecule has 0 aliphatic carbocycles. The predicted molar refractivity (Wildman–Crippen MR) is 83.0 cm³/mol. The average molecular weight is 279 g/mol. The van der Waals surface area contributed by atoms with Crippen LogP contribution in [0.3, 0.4) is 0 Å². The molecule has 114 valence electrons. The van der Waals surface area contributed by atoms with Crippen molar-refractivity contribution in [2.24, 2.45) is 7.05 Å². The fraction of sp³-hybridized carbons (Fsp3) is 0.800. The van der Waals surface area contributed by atoms with Gasteiger partial charge in [0.1, 0.15) is 0 Å². The lowest BCUT2D eigenvalue weighted by Gasteiger charge is -2.38. The van der Waals surface area contributed by atoms with Crippen LogP contribution in [0.4, 0.5) is 0 Å². The van der Waals surface area contributed by atoms with Crippen molar-refractivity contribution in [1.29, 1.82) is 0 Å². The summed E-state index contributed by atoms with van der Waals surface area (Å²) >= 11 is 0. The van der Waals surface area contributed by atoms with Gasteiger partial charge in [0.15, 0.2) is 0 Å². The molecule has 1 aliphatic heterocycles. The Morgan fingerprint density at radius 3 is 2.55 bits per heavy atom. The number of hydrogen-bond donors (Lipinski definition) is 1. The minimum atomic E-state index is 0.351. The van der Waals surface area contributed by atoms with Gasteiger partial charge in [-0.1, -0.05) is 0 Å². The highest BCUT2D eigenvalue weighted by Crippen LogP contribution is 2.20. The normalized spacial score (nSPS) is 23.2. The average Bonchev–Trinajstić information content (AvgIpc) is 2.64. The van der Waals surface area contributed by atoms with E-state index in [1.807, 2.05) is 11.7 Å². The van der Waals surface area contributed by atoms with Gasteiger partial charge in [0.25, 0.3) is 0 Å². The van der Waals surface area contributed by atoms with Crippen molar-refractivity contribution in [1.82, 2.24) is 24.9 Å². The molecule has 5 heteroatoms. The van der Waals surface area contributed by atoms with E-state index in [-0.39, 0.29) is 0 Å². The van der Waals surface area contributed by atoms with Crippen LogP contribution in [0.2, 0.25) is 0 Å². The number of aromatic nitrogens is 2. The van der Waals surface area contributed by atoms with E-state index in [0.29, 0.717) is 12.1 Å². The zero-order chi connectivity index (χ0) is 14.9. The summed E-state index contributed by atoms with van der Waals surface area (Å²) in [5.41, 5.74) is 3.75. The Labute approximate surface area is 122 Å². The summed E-state index contributed by atoms with van der Waals surface area (Å²) in [5.74, 6) is 0.